The number of para-hydroxylation sites is 5. The summed E-state index contributed by atoms with van der Waals surface area (Å²) in [6.07, 6.45) is 4.21. The molecule has 0 saturated heterocycles. The second-order valence-corrected chi connectivity index (χ2v) is 16.8. The number of anilines is 6. The molecule has 0 aliphatic heterocycles. The zero-order chi connectivity index (χ0) is 41.0. The Bertz CT molecular complexity index is 3190. The molecule has 3 heteroatoms. The zero-order valence-electron chi connectivity index (χ0n) is 34.5. The van der Waals surface area contributed by atoms with Crippen LogP contribution in [0, 0.1) is 0 Å². The molecular weight excluding hydrogens is 751 g/mol. The molecule has 0 amide bonds. The largest absolute Gasteiger partial charge is 0.310 e. The molecule has 1 atom stereocenters. The van der Waals surface area contributed by atoms with Crippen LogP contribution in [0.2, 0.25) is 0 Å². The van der Waals surface area contributed by atoms with Gasteiger partial charge in [-0.3, -0.25) is 0 Å². The summed E-state index contributed by atoms with van der Waals surface area (Å²) in [5.74, 6) is 0. The lowest BCUT2D eigenvalue weighted by molar-refractivity contribution is 0.508. The SMILES string of the molecule is c1ccc(-c2c(N(c3ccccc3)c3cccc4c3[C@]3(CCc5cccc(N(c6ccccc6)c6ccccc6)c53)CC4)ccc3c2c2ccccc2n3-c2ccccc2)cc1. The van der Waals surface area contributed by atoms with Gasteiger partial charge < -0.3 is 14.4 Å². The third-order valence-corrected chi connectivity index (χ3v) is 13.5. The van der Waals surface area contributed by atoms with Gasteiger partial charge in [-0.1, -0.05) is 146 Å². The summed E-state index contributed by atoms with van der Waals surface area (Å²) in [5, 5.41) is 2.50. The van der Waals surface area contributed by atoms with Crippen molar-refractivity contribution >= 4 is 55.9 Å². The van der Waals surface area contributed by atoms with Gasteiger partial charge >= 0.3 is 0 Å². The summed E-state index contributed by atoms with van der Waals surface area (Å²) >= 11 is 0. The number of fused-ring (bicyclic) bond motifs is 7. The Morgan fingerprint density at radius 3 is 1.44 bits per heavy atom. The lowest BCUT2D eigenvalue weighted by Crippen LogP contribution is -2.27. The maximum atomic E-state index is 2.59. The number of nitrogens with zero attached hydrogens (tertiary/aromatic N) is 3. The van der Waals surface area contributed by atoms with E-state index in [1.165, 1.54) is 83.6 Å². The minimum absolute atomic E-state index is 0.187. The maximum absolute atomic E-state index is 2.59. The molecule has 1 heterocycles. The predicted molar refractivity (Wildman–Crippen MR) is 259 cm³/mol. The summed E-state index contributed by atoms with van der Waals surface area (Å²) in [5.41, 5.74) is 18.8. The predicted octanol–water partition coefficient (Wildman–Crippen LogP) is 15.6. The number of hydrogen-bond donors (Lipinski definition) is 0. The van der Waals surface area contributed by atoms with Crippen LogP contribution in [0.3, 0.4) is 0 Å². The van der Waals surface area contributed by atoms with E-state index in [9.17, 15) is 0 Å². The van der Waals surface area contributed by atoms with E-state index in [4.69, 9.17) is 0 Å². The standard InChI is InChI=1S/C59H45N3/c1-6-20-42(21-7-1)55-51(36-37-52-56(55)49-32-16-17-33-50(49)61(52)47-28-12-4-13-29-47)62(48-30-14-5-15-31-48)54-35-19-23-44-39-41-59(58(44)54)40-38-43-22-18-34-53(57(43)59)60(45-24-8-2-9-25-45)46-26-10-3-11-27-46/h1-37H,38-41H2/t59-/m1/s1. The van der Waals surface area contributed by atoms with Gasteiger partial charge in [0.2, 0.25) is 0 Å². The van der Waals surface area contributed by atoms with E-state index < -0.39 is 0 Å². The fourth-order valence-electron chi connectivity index (χ4n) is 11.1. The van der Waals surface area contributed by atoms with Crippen molar-refractivity contribution in [1.29, 1.82) is 0 Å². The molecule has 10 aromatic rings. The fourth-order valence-corrected chi connectivity index (χ4v) is 11.1. The van der Waals surface area contributed by atoms with Crippen molar-refractivity contribution in [2.75, 3.05) is 9.80 Å². The first-order chi connectivity index (χ1) is 30.8. The molecule has 2 aliphatic rings. The van der Waals surface area contributed by atoms with Crippen molar-refractivity contribution in [2.45, 2.75) is 31.1 Å². The van der Waals surface area contributed by atoms with Crippen LogP contribution in [0.15, 0.2) is 224 Å². The van der Waals surface area contributed by atoms with Gasteiger partial charge in [-0.2, -0.15) is 0 Å². The van der Waals surface area contributed by atoms with E-state index in [1.54, 1.807) is 0 Å². The fraction of sp³-hybridized carbons (Fsp3) is 0.0847. The highest BCUT2D eigenvalue weighted by Gasteiger charge is 2.49. The molecule has 1 aromatic heterocycles. The van der Waals surface area contributed by atoms with E-state index in [1.807, 2.05) is 0 Å². The van der Waals surface area contributed by atoms with Crippen LogP contribution in [0.4, 0.5) is 34.1 Å². The van der Waals surface area contributed by atoms with Crippen molar-refractivity contribution in [1.82, 2.24) is 4.57 Å². The number of aryl methyl sites for hydroxylation is 2. The molecule has 0 fully saturated rings. The molecule has 0 unspecified atom stereocenters. The molecule has 62 heavy (non-hydrogen) atoms. The van der Waals surface area contributed by atoms with Crippen molar-refractivity contribution < 1.29 is 0 Å². The van der Waals surface area contributed by atoms with Gasteiger partial charge in [-0.15, -0.1) is 0 Å². The Morgan fingerprint density at radius 2 is 0.855 bits per heavy atom. The van der Waals surface area contributed by atoms with Gasteiger partial charge in [0.05, 0.1) is 28.1 Å². The van der Waals surface area contributed by atoms with E-state index in [0.717, 1.165) is 37.1 Å². The third-order valence-electron chi connectivity index (χ3n) is 13.5. The quantitative estimate of drug-likeness (QED) is 0.152. The van der Waals surface area contributed by atoms with Crippen LogP contribution in [0.1, 0.15) is 35.1 Å². The third kappa shape index (κ3) is 5.65. The molecule has 296 valence electrons. The van der Waals surface area contributed by atoms with E-state index >= 15 is 0 Å². The first kappa shape index (κ1) is 36.2. The minimum atomic E-state index is -0.187. The van der Waals surface area contributed by atoms with Crippen molar-refractivity contribution in [3.05, 3.63) is 247 Å². The lowest BCUT2D eigenvalue weighted by atomic mass is 9.74. The average Bonchev–Trinajstić information content (AvgIpc) is 4.03. The van der Waals surface area contributed by atoms with Gasteiger partial charge in [0, 0.05) is 44.5 Å². The molecule has 12 rings (SSSR count). The molecular formula is C59H45N3. The summed E-state index contributed by atoms with van der Waals surface area (Å²) in [6, 6.07) is 82.6. The number of aromatic nitrogens is 1. The van der Waals surface area contributed by atoms with Crippen LogP contribution in [0.25, 0.3) is 38.6 Å². The second-order valence-electron chi connectivity index (χ2n) is 16.8. The van der Waals surface area contributed by atoms with E-state index in [2.05, 4.69) is 239 Å². The molecule has 1 spiro atoms. The highest BCUT2D eigenvalue weighted by atomic mass is 15.2. The first-order valence-electron chi connectivity index (χ1n) is 22.0. The Kier molecular flexibility index (Phi) is 8.67. The Labute approximate surface area is 363 Å². The Morgan fingerprint density at radius 1 is 0.371 bits per heavy atom. The highest BCUT2D eigenvalue weighted by Crippen LogP contribution is 2.60. The van der Waals surface area contributed by atoms with Gasteiger partial charge in [0.1, 0.15) is 0 Å². The second kappa shape index (κ2) is 14.8. The normalized spacial score (nSPS) is 15.2. The Balaban J connectivity index is 1.14. The lowest BCUT2D eigenvalue weighted by Gasteiger charge is -2.37. The monoisotopic (exact) mass is 795 g/mol. The maximum Gasteiger partial charge on any atom is 0.0548 e. The number of rotatable bonds is 8. The summed E-state index contributed by atoms with van der Waals surface area (Å²) < 4.78 is 2.44. The number of hydrogen-bond acceptors (Lipinski definition) is 2. The summed E-state index contributed by atoms with van der Waals surface area (Å²) in [6.45, 7) is 0. The van der Waals surface area contributed by atoms with Crippen molar-refractivity contribution in [3.8, 4) is 16.8 Å². The smallest absolute Gasteiger partial charge is 0.0548 e. The first-order valence-corrected chi connectivity index (χ1v) is 22.0. The van der Waals surface area contributed by atoms with Gasteiger partial charge in [-0.25, -0.2) is 0 Å². The topological polar surface area (TPSA) is 11.4 Å². The van der Waals surface area contributed by atoms with Gasteiger partial charge in [-0.05, 0) is 132 Å². The van der Waals surface area contributed by atoms with Crippen LogP contribution in [0.5, 0.6) is 0 Å². The van der Waals surface area contributed by atoms with E-state index in [0.29, 0.717) is 0 Å². The molecule has 3 nitrogen and oxygen atoms in total. The summed E-state index contributed by atoms with van der Waals surface area (Å²) in [7, 11) is 0. The van der Waals surface area contributed by atoms with Crippen LogP contribution >= 0.6 is 0 Å². The molecule has 0 N–H and O–H groups in total. The van der Waals surface area contributed by atoms with E-state index in [-0.39, 0.29) is 5.41 Å². The Hall–Kier alpha value is -7.62. The van der Waals surface area contributed by atoms with Crippen molar-refractivity contribution in [2.24, 2.45) is 0 Å². The molecule has 0 saturated carbocycles. The molecule has 2 aliphatic carbocycles. The molecule has 9 aromatic carbocycles. The van der Waals surface area contributed by atoms with Crippen LogP contribution in [-0.4, -0.2) is 4.57 Å². The summed E-state index contributed by atoms with van der Waals surface area (Å²) in [4.78, 5) is 5.08. The van der Waals surface area contributed by atoms with Crippen LogP contribution < -0.4 is 9.80 Å². The van der Waals surface area contributed by atoms with Gasteiger partial charge in [0.15, 0.2) is 0 Å². The average molecular weight is 796 g/mol. The van der Waals surface area contributed by atoms with Gasteiger partial charge in [0.25, 0.3) is 0 Å². The van der Waals surface area contributed by atoms with Crippen molar-refractivity contribution in [3.63, 3.8) is 0 Å². The van der Waals surface area contributed by atoms with Crippen LogP contribution in [-0.2, 0) is 18.3 Å². The minimum Gasteiger partial charge on any atom is -0.310 e. The molecule has 0 bridgehead atoms. The number of benzene rings is 9. The zero-order valence-corrected chi connectivity index (χ0v) is 34.5. The molecule has 0 radical (unpaired) electrons. The highest BCUT2D eigenvalue weighted by molar-refractivity contribution is 6.19.